The summed E-state index contributed by atoms with van der Waals surface area (Å²) >= 11 is 6.09. The molecule has 0 bridgehead atoms. The number of amides is 1. The monoisotopic (exact) mass is 465 g/mol. The molecule has 2 N–H and O–H groups in total. The Hall–Kier alpha value is -3.53. The van der Waals surface area contributed by atoms with Crippen molar-refractivity contribution in [3.05, 3.63) is 87.1 Å². The number of hydrogen-bond donors (Lipinski definition) is 2. The predicted octanol–water partition coefficient (Wildman–Crippen LogP) is 3.78. The van der Waals surface area contributed by atoms with Crippen LogP contribution in [0.5, 0.6) is 11.5 Å². The highest BCUT2D eigenvalue weighted by atomic mass is 35.5. The lowest BCUT2D eigenvalue weighted by Crippen LogP contribution is -2.50. The molecule has 1 aliphatic heterocycles. The number of carbonyl (C=O) groups excluding carboxylic acids is 1. The number of H-pyrrole nitrogens is 1. The summed E-state index contributed by atoms with van der Waals surface area (Å²) in [6.45, 7) is 0.197. The van der Waals surface area contributed by atoms with E-state index in [9.17, 15) is 22.8 Å². The van der Waals surface area contributed by atoms with Crippen LogP contribution >= 0.6 is 11.6 Å². The lowest BCUT2D eigenvalue weighted by atomic mass is 9.81. The Balaban J connectivity index is 1.81. The molecular weight excluding hydrogens is 451 g/mol. The number of pyridine rings is 2. The molecule has 7 nitrogen and oxygen atoms in total. The lowest BCUT2D eigenvalue weighted by Gasteiger charge is -2.39. The number of aromatic amines is 1. The number of alkyl halides is 3. The van der Waals surface area contributed by atoms with Gasteiger partial charge in [-0.25, -0.2) is 0 Å². The van der Waals surface area contributed by atoms with E-state index < -0.39 is 23.6 Å². The van der Waals surface area contributed by atoms with E-state index in [4.69, 9.17) is 16.3 Å². The van der Waals surface area contributed by atoms with Gasteiger partial charge >= 0.3 is 6.36 Å². The fourth-order valence-electron chi connectivity index (χ4n) is 3.53. The number of benzene rings is 1. The van der Waals surface area contributed by atoms with Gasteiger partial charge in [0.1, 0.15) is 22.7 Å². The average molecular weight is 466 g/mol. The van der Waals surface area contributed by atoms with Crippen LogP contribution in [0, 0.1) is 0 Å². The minimum Gasteiger partial charge on any atom is -0.491 e. The number of aromatic nitrogens is 2. The Morgan fingerprint density at radius 2 is 2.06 bits per heavy atom. The van der Waals surface area contributed by atoms with Crippen LogP contribution in [0.25, 0.3) is 0 Å². The zero-order valence-electron chi connectivity index (χ0n) is 16.2. The molecule has 1 aromatic carbocycles. The molecule has 32 heavy (non-hydrogen) atoms. The Bertz CT molecular complexity index is 1210. The summed E-state index contributed by atoms with van der Waals surface area (Å²) in [6, 6.07) is 9.64. The molecule has 0 saturated heterocycles. The van der Waals surface area contributed by atoms with Crippen molar-refractivity contribution in [1.82, 2.24) is 15.3 Å². The van der Waals surface area contributed by atoms with Gasteiger partial charge in [-0.2, -0.15) is 0 Å². The van der Waals surface area contributed by atoms with Crippen LogP contribution < -0.4 is 20.3 Å². The van der Waals surface area contributed by atoms with Crippen molar-refractivity contribution < 1.29 is 27.4 Å². The lowest BCUT2D eigenvalue weighted by molar-refractivity contribution is -0.274. The van der Waals surface area contributed by atoms with Gasteiger partial charge in [-0.3, -0.25) is 14.6 Å². The van der Waals surface area contributed by atoms with E-state index in [2.05, 4.69) is 20.0 Å². The van der Waals surface area contributed by atoms with Crippen molar-refractivity contribution in [3.8, 4) is 11.5 Å². The smallest absolute Gasteiger partial charge is 0.491 e. The summed E-state index contributed by atoms with van der Waals surface area (Å²) < 4.78 is 47.5. The summed E-state index contributed by atoms with van der Waals surface area (Å²) in [4.78, 5) is 31.2. The fourth-order valence-corrected chi connectivity index (χ4v) is 3.75. The Labute approximate surface area is 184 Å². The standard InChI is InChI=1S/C21H15ClF3N3O4/c22-14-10-13(4-5-15(14)32-21(23,24)25)20(7-9-31-16-2-1-8-26-18(16)20)28-19(30)12-3-6-17(29)27-11-12/h1-6,8,10-11H,7,9H2,(H,27,29)(H,28,30)/t20-/m0/s1. The van der Waals surface area contributed by atoms with Crippen LogP contribution in [0.4, 0.5) is 13.2 Å². The van der Waals surface area contributed by atoms with Crippen LogP contribution in [0.3, 0.4) is 0 Å². The summed E-state index contributed by atoms with van der Waals surface area (Å²) in [6.07, 6.45) is -1.91. The van der Waals surface area contributed by atoms with Crippen LogP contribution in [-0.2, 0) is 5.54 Å². The van der Waals surface area contributed by atoms with Crippen LogP contribution in [-0.4, -0.2) is 28.8 Å². The van der Waals surface area contributed by atoms with Crippen molar-refractivity contribution in [2.24, 2.45) is 0 Å². The van der Waals surface area contributed by atoms with Gasteiger partial charge in [0, 0.05) is 24.9 Å². The Morgan fingerprint density at radius 1 is 1.25 bits per heavy atom. The van der Waals surface area contributed by atoms with Gasteiger partial charge in [-0.15, -0.1) is 13.2 Å². The molecule has 0 radical (unpaired) electrons. The molecule has 4 rings (SSSR count). The number of hydrogen-bond acceptors (Lipinski definition) is 5. The first-order valence-corrected chi connectivity index (χ1v) is 9.71. The second kappa shape index (κ2) is 8.19. The minimum absolute atomic E-state index is 0.177. The summed E-state index contributed by atoms with van der Waals surface area (Å²) in [7, 11) is 0. The topological polar surface area (TPSA) is 93.3 Å². The quantitative estimate of drug-likeness (QED) is 0.611. The molecule has 0 aliphatic carbocycles. The number of carbonyl (C=O) groups is 1. The molecule has 0 saturated carbocycles. The first kappa shape index (κ1) is 21.7. The maximum absolute atomic E-state index is 13.0. The molecule has 1 amide bonds. The highest BCUT2D eigenvalue weighted by Gasteiger charge is 2.43. The largest absolute Gasteiger partial charge is 0.573 e. The maximum atomic E-state index is 13.0. The fraction of sp³-hybridized carbons (Fsp3) is 0.190. The van der Waals surface area contributed by atoms with E-state index in [1.54, 1.807) is 12.1 Å². The number of rotatable bonds is 4. The Morgan fingerprint density at radius 3 is 2.75 bits per heavy atom. The highest BCUT2D eigenvalue weighted by Crippen LogP contribution is 2.43. The first-order chi connectivity index (χ1) is 15.2. The van der Waals surface area contributed by atoms with Gasteiger partial charge in [0.05, 0.1) is 17.2 Å². The summed E-state index contributed by atoms with van der Waals surface area (Å²) in [5, 5.41) is 2.62. The predicted molar refractivity (Wildman–Crippen MR) is 108 cm³/mol. The number of nitrogens with one attached hydrogen (secondary N) is 2. The number of halogens is 4. The molecule has 1 atom stereocenters. The highest BCUT2D eigenvalue weighted by molar-refractivity contribution is 6.32. The molecular formula is C21H15ClF3N3O4. The number of fused-ring (bicyclic) bond motifs is 1. The number of nitrogens with zero attached hydrogens (tertiary/aromatic N) is 1. The average Bonchev–Trinajstić information content (AvgIpc) is 2.75. The summed E-state index contributed by atoms with van der Waals surface area (Å²) in [5.74, 6) is -0.697. The SMILES string of the molecule is O=C(N[C@]1(c2ccc(OC(F)(F)F)c(Cl)c2)CCOc2cccnc21)c1ccc(=O)[nH]c1. The van der Waals surface area contributed by atoms with E-state index in [-0.39, 0.29) is 29.2 Å². The van der Waals surface area contributed by atoms with Crippen molar-refractivity contribution >= 4 is 17.5 Å². The molecule has 2 aromatic heterocycles. The first-order valence-electron chi connectivity index (χ1n) is 9.33. The molecule has 0 unspecified atom stereocenters. The van der Waals surface area contributed by atoms with Gasteiger partial charge in [-0.05, 0) is 35.9 Å². The van der Waals surface area contributed by atoms with Gasteiger partial charge in [-0.1, -0.05) is 17.7 Å². The van der Waals surface area contributed by atoms with Crippen LogP contribution in [0.1, 0.15) is 28.0 Å². The van der Waals surface area contributed by atoms with E-state index in [1.807, 2.05) is 0 Å². The van der Waals surface area contributed by atoms with Crippen molar-refractivity contribution in [2.75, 3.05) is 6.61 Å². The molecule has 0 spiro atoms. The van der Waals surface area contributed by atoms with Crippen molar-refractivity contribution in [3.63, 3.8) is 0 Å². The van der Waals surface area contributed by atoms with Crippen LogP contribution in [0.2, 0.25) is 5.02 Å². The van der Waals surface area contributed by atoms with Crippen molar-refractivity contribution in [1.29, 1.82) is 0 Å². The molecule has 11 heteroatoms. The third kappa shape index (κ3) is 4.26. The zero-order valence-corrected chi connectivity index (χ0v) is 17.0. The van der Waals surface area contributed by atoms with E-state index in [0.717, 1.165) is 6.07 Å². The van der Waals surface area contributed by atoms with E-state index >= 15 is 0 Å². The maximum Gasteiger partial charge on any atom is 0.573 e. The Kier molecular flexibility index (Phi) is 5.55. The second-order valence-electron chi connectivity index (χ2n) is 6.94. The molecule has 0 fully saturated rings. The third-order valence-electron chi connectivity index (χ3n) is 4.93. The molecule has 3 aromatic rings. The molecule has 166 valence electrons. The second-order valence-corrected chi connectivity index (χ2v) is 7.35. The van der Waals surface area contributed by atoms with Gasteiger partial charge in [0.2, 0.25) is 5.56 Å². The van der Waals surface area contributed by atoms with Gasteiger partial charge in [0.15, 0.2) is 0 Å². The third-order valence-corrected chi connectivity index (χ3v) is 5.23. The van der Waals surface area contributed by atoms with E-state index in [0.29, 0.717) is 17.0 Å². The molecule has 1 aliphatic rings. The van der Waals surface area contributed by atoms with Crippen LogP contribution in [0.15, 0.2) is 59.7 Å². The van der Waals surface area contributed by atoms with Gasteiger partial charge in [0.25, 0.3) is 5.91 Å². The van der Waals surface area contributed by atoms with Gasteiger partial charge < -0.3 is 19.8 Å². The van der Waals surface area contributed by atoms with Crippen molar-refractivity contribution in [2.45, 2.75) is 18.3 Å². The molecule has 3 heterocycles. The van der Waals surface area contributed by atoms with E-state index in [1.165, 1.54) is 36.7 Å². The summed E-state index contributed by atoms with van der Waals surface area (Å²) in [5.41, 5.74) is -0.706. The minimum atomic E-state index is -4.91. The number of ether oxygens (including phenoxy) is 2. The zero-order chi connectivity index (χ0) is 22.9. The normalized spacial score (nSPS) is 17.8.